The van der Waals surface area contributed by atoms with Gasteiger partial charge in [-0.2, -0.15) is 0 Å². The van der Waals surface area contributed by atoms with Crippen molar-refractivity contribution in [3.8, 4) is 0 Å². The number of hydrogen-bond donors (Lipinski definition) is 1. The molecule has 1 aliphatic rings. The van der Waals surface area contributed by atoms with Gasteiger partial charge >= 0.3 is 0 Å². The van der Waals surface area contributed by atoms with E-state index in [2.05, 4.69) is 0 Å². The Balaban J connectivity index is 0.000000671. The first-order chi connectivity index (χ1) is 6.11. The van der Waals surface area contributed by atoms with E-state index in [4.69, 9.17) is 4.74 Å². The summed E-state index contributed by atoms with van der Waals surface area (Å²) in [7, 11) is 3.93. The lowest BCUT2D eigenvalue weighted by Gasteiger charge is -2.35. The fourth-order valence-electron chi connectivity index (χ4n) is 1.46. The molecule has 1 fully saturated rings. The molecule has 0 bridgehead atoms. The van der Waals surface area contributed by atoms with Crippen molar-refractivity contribution in [2.75, 3.05) is 14.1 Å². The number of nitrogens with zero attached hydrogens (tertiary/aromatic N) is 1. The van der Waals surface area contributed by atoms with Crippen LogP contribution in [0.25, 0.3) is 0 Å². The molecule has 0 aromatic carbocycles. The summed E-state index contributed by atoms with van der Waals surface area (Å²) in [6.07, 6.45) is 1.67. The molecule has 13 heavy (non-hydrogen) atoms. The van der Waals surface area contributed by atoms with E-state index in [-0.39, 0.29) is 12.1 Å². The van der Waals surface area contributed by atoms with Gasteiger partial charge in [-0.1, -0.05) is 13.8 Å². The summed E-state index contributed by atoms with van der Waals surface area (Å²) < 4.78 is 5.27. The van der Waals surface area contributed by atoms with Gasteiger partial charge in [-0.25, -0.2) is 0 Å². The van der Waals surface area contributed by atoms with Crippen molar-refractivity contribution in [3.05, 3.63) is 0 Å². The molecule has 1 heterocycles. The Hall–Kier alpha value is -0.120. The smallest absolute Gasteiger partial charge is 0.170 e. The van der Waals surface area contributed by atoms with E-state index in [0.29, 0.717) is 0 Å². The van der Waals surface area contributed by atoms with Crippen LogP contribution < -0.4 is 0 Å². The van der Waals surface area contributed by atoms with Crippen molar-refractivity contribution in [2.24, 2.45) is 0 Å². The highest BCUT2D eigenvalue weighted by Crippen LogP contribution is 2.20. The maximum absolute atomic E-state index is 9.45. The Bertz CT molecular complexity index is 128. The first-order valence-corrected chi connectivity index (χ1v) is 5.11. The van der Waals surface area contributed by atoms with Crippen LogP contribution in [0.5, 0.6) is 0 Å². The largest absolute Gasteiger partial charge is 0.367 e. The Morgan fingerprint density at radius 1 is 1.23 bits per heavy atom. The fourth-order valence-corrected chi connectivity index (χ4v) is 1.46. The molecular formula is C10H23NO2. The summed E-state index contributed by atoms with van der Waals surface area (Å²) >= 11 is 0. The first kappa shape index (κ1) is 12.9. The highest BCUT2D eigenvalue weighted by atomic mass is 16.6. The van der Waals surface area contributed by atoms with E-state index in [1.54, 1.807) is 0 Å². The second-order valence-corrected chi connectivity index (χ2v) is 3.45. The standard InChI is InChI=1S/C8H17NO2.C2H6/c1-6-4-5-7(9(2)3)8(10)11-6;1-2/h6-8,10H,4-5H2,1-3H3;1-2H3. The van der Waals surface area contributed by atoms with Crippen LogP contribution in [-0.2, 0) is 4.74 Å². The first-order valence-electron chi connectivity index (χ1n) is 5.11. The number of aliphatic hydroxyl groups is 1. The molecule has 80 valence electrons. The molecule has 0 amide bonds. The highest BCUT2D eigenvalue weighted by Gasteiger charge is 2.28. The number of likely N-dealkylation sites (N-methyl/N-ethyl adjacent to an activating group) is 1. The molecule has 3 unspecified atom stereocenters. The third-order valence-corrected chi connectivity index (χ3v) is 2.23. The van der Waals surface area contributed by atoms with E-state index in [0.717, 1.165) is 12.8 Å². The Morgan fingerprint density at radius 3 is 2.15 bits per heavy atom. The van der Waals surface area contributed by atoms with Gasteiger partial charge in [0, 0.05) is 0 Å². The molecule has 1 rings (SSSR count). The van der Waals surface area contributed by atoms with E-state index >= 15 is 0 Å². The summed E-state index contributed by atoms with van der Waals surface area (Å²) in [5, 5.41) is 9.45. The molecule has 3 nitrogen and oxygen atoms in total. The molecule has 1 N–H and O–H groups in total. The van der Waals surface area contributed by atoms with Crippen molar-refractivity contribution < 1.29 is 9.84 Å². The zero-order valence-corrected chi connectivity index (χ0v) is 9.45. The van der Waals surface area contributed by atoms with Gasteiger partial charge in [0.2, 0.25) is 0 Å². The molecule has 0 saturated carbocycles. The minimum absolute atomic E-state index is 0.172. The van der Waals surface area contributed by atoms with Gasteiger partial charge in [-0.15, -0.1) is 0 Å². The van der Waals surface area contributed by atoms with Crippen LogP contribution in [0, 0.1) is 0 Å². The van der Waals surface area contributed by atoms with Gasteiger partial charge in [-0.05, 0) is 33.9 Å². The Labute approximate surface area is 81.7 Å². The lowest BCUT2D eigenvalue weighted by atomic mass is 10.0. The minimum Gasteiger partial charge on any atom is -0.367 e. The van der Waals surface area contributed by atoms with Crippen molar-refractivity contribution in [3.63, 3.8) is 0 Å². The SMILES string of the molecule is CC.CC1CCC(N(C)C)C(O)O1. The van der Waals surface area contributed by atoms with Crippen LogP contribution in [0.3, 0.4) is 0 Å². The number of aliphatic hydroxyl groups excluding tert-OH is 1. The summed E-state index contributed by atoms with van der Waals surface area (Å²) in [5.74, 6) is 0. The maximum Gasteiger partial charge on any atom is 0.170 e. The second kappa shape index (κ2) is 6.35. The third-order valence-electron chi connectivity index (χ3n) is 2.23. The van der Waals surface area contributed by atoms with Crippen LogP contribution in [0.4, 0.5) is 0 Å². The predicted octanol–water partition coefficient (Wildman–Crippen LogP) is 1.46. The topological polar surface area (TPSA) is 32.7 Å². The highest BCUT2D eigenvalue weighted by molar-refractivity contribution is 4.75. The average molecular weight is 189 g/mol. The predicted molar refractivity (Wildman–Crippen MR) is 54.6 cm³/mol. The van der Waals surface area contributed by atoms with Gasteiger partial charge < -0.3 is 14.7 Å². The number of hydrogen-bond acceptors (Lipinski definition) is 3. The van der Waals surface area contributed by atoms with Crippen LogP contribution in [0.1, 0.15) is 33.6 Å². The molecule has 1 aliphatic heterocycles. The molecule has 3 heteroatoms. The maximum atomic E-state index is 9.45. The van der Waals surface area contributed by atoms with Crippen LogP contribution in [-0.4, -0.2) is 42.5 Å². The number of ether oxygens (including phenoxy) is 1. The Kier molecular flexibility index (Phi) is 6.29. The summed E-state index contributed by atoms with van der Waals surface area (Å²) in [6, 6.07) is 0.172. The van der Waals surface area contributed by atoms with E-state index in [1.807, 2.05) is 39.8 Å². The molecule has 0 radical (unpaired) electrons. The quantitative estimate of drug-likeness (QED) is 0.678. The average Bonchev–Trinajstić information content (AvgIpc) is 2.07. The normalized spacial score (nSPS) is 33.9. The zero-order chi connectivity index (χ0) is 10.4. The van der Waals surface area contributed by atoms with Gasteiger partial charge in [-0.3, -0.25) is 0 Å². The molecule has 0 aromatic heterocycles. The van der Waals surface area contributed by atoms with E-state index < -0.39 is 6.29 Å². The lowest BCUT2D eigenvalue weighted by Crippen LogP contribution is -2.45. The number of rotatable bonds is 1. The van der Waals surface area contributed by atoms with Crippen molar-refractivity contribution in [1.29, 1.82) is 0 Å². The van der Waals surface area contributed by atoms with E-state index in [9.17, 15) is 5.11 Å². The van der Waals surface area contributed by atoms with Crippen LogP contribution in [0.2, 0.25) is 0 Å². The fraction of sp³-hybridized carbons (Fsp3) is 1.00. The summed E-state index contributed by atoms with van der Waals surface area (Å²) in [5.41, 5.74) is 0. The second-order valence-electron chi connectivity index (χ2n) is 3.45. The minimum atomic E-state index is -0.603. The molecule has 1 saturated heterocycles. The van der Waals surface area contributed by atoms with E-state index in [1.165, 1.54) is 0 Å². The van der Waals surface area contributed by atoms with Crippen molar-refractivity contribution in [1.82, 2.24) is 4.90 Å². The molecule has 0 spiro atoms. The molecule has 3 atom stereocenters. The van der Waals surface area contributed by atoms with Crippen molar-refractivity contribution in [2.45, 2.75) is 52.0 Å². The monoisotopic (exact) mass is 189 g/mol. The molecule has 0 aromatic rings. The zero-order valence-electron chi connectivity index (χ0n) is 9.45. The van der Waals surface area contributed by atoms with Gasteiger partial charge in [0.15, 0.2) is 6.29 Å². The van der Waals surface area contributed by atoms with Crippen LogP contribution in [0.15, 0.2) is 0 Å². The van der Waals surface area contributed by atoms with Crippen LogP contribution >= 0.6 is 0 Å². The summed E-state index contributed by atoms with van der Waals surface area (Å²) in [4.78, 5) is 2.01. The molecular weight excluding hydrogens is 166 g/mol. The lowest BCUT2D eigenvalue weighted by molar-refractivity contribution is -0.189. The summed E-state index contributed by atoms with van der Waals surface area (Å²) in [6.45, 7) is 6.00. The van der Waals surface area contributed by atoms with Gasteiger partial charge in [0.1, 0.15) is 0 Å². The van der Waals surface area contributed by atoms with Crippen molar-refractivity contribution >= 4 is 0 Å². The van der Waals surface area contributed by atoms with Gasteiger partial charge in [0.25, 0.3) is 0 Å². The molecule has 0 aliphatic carbocycles. The van der Waals surface area contributed by atoms with Gasteiger partial charge in [0.05, 0.1) is 12.1 Å². The third kappa shape index (κ3) is 4.07. The Morgan fingerprint density at radius 2 is 1.77 bits per heavy atom.